The van der Waals surface area contributed by atoms with Gasteiger partial charge >= 0.3 is 0 Å². The summed E-state index contributed by atoms with van der Waals surface area (Å²) in [6.07, 6.45) is -0.122. The Labute approximate surface area is 97.2 Å². The van der Waals surface area contributed by atoms with Crippen molar-refractivity contribution in [1.29, 1.82) is 0 Å². The van der Waals surface area contributed by atoms with Gasteiger partial charge in [-0.2, -0.15) is 0 Å². The number of rotatable bonds is 5. The largest absolute Gasteiger partial charge is 0.490 e. The van der Waals surface area contributed by atoms with Crippen molar-refractivity contribution in [2.75, 3.05) is 0 Å². The SMILES string of the molecule is CCC(C(N)O)C(C)Oc1ccc(C)cc1. The van der Waals surface area contributed by atoms with E-state index in [1.54, 1.807) is 0 Å². The molecule has 0 bridgehead atoms. The molecule has 0 aliphatic rings. The first-order chi connectivity index (χ1) is 7.54. The maximum absolute atomic E-state index is 9.40. The highest BCUT2D eigenvalue weighted by molar-refractivity contribution is 5.26. The molecule has 1 aromatic rings. The van der Waals surface area contributed by atoms with Crippen molar-refractivity contribution in [3.63, 3.8) is 0 Å². The maximum Gasteiger partial charge on any atom is 0.119 e. The molecule has 0 aromatic heterocycles. The number of hydrogen-bond donors (Lipinski definition) is 2. The molecule has 0 radical (unpaired) electrons. The summed E-state index contributed by atoms with van der Waals surface area (Å²) in [5.74, 6) is 0.776. The average molecular weight is 223 g/mol. The van der Waals surface area contributed by atoms with Crippen LogP contribution in [-0.4, -0.2) is 17.4 Å². The minimum Gasteiger partial charge on any atom is -0.490 e. The lowest BCUT2D eigenvalue weighted by molar-refractivity contribution is 0.0358. The molecule has 0 spiro atoms. The Morgan fingerprint density at radius 2 is 1.88 bits per heavy atom. The molecule has 1 aromatic carbocycles. The number of aliphatic hydroxyl groups is 1. The van der Waals surface area contributed by atoms with Gasteiger partial charge in [0.25, 0.3) is 0 Å². The van der Waals surface area contributed by atoms with Crippen LogP contribution >= 0.6 is 0 Å². The monoisotopic (exact) mass is 223 g/mol. The minimum absolute atomic E-state index is 0.0405. The normalized spacial score (nSPS) is 16.6. The summed E-state index contributed by atoms with van der Waals surface area (Å²) in [6.45, 7) is 5.96. The van der Waals surface area contributed by atoms with E-state index in [0.29, 0.717) is 0 Å². The molecule has 3 N–H and O–H groups in total. The molecule has 90 valence electrons. The lowest BCUT2D eigenvalue weighted by atomic mass is 9.99. The van der Waals surface area contributed by atoms with Gasteiger partial charge in [0.15, 0.2) is 0 Å². The summed E-state index contributed by atoms with van der Waals surface area (Å²) in [4.78, 5) is 0. The highest BCUT2D eigenvalue weighted by atomic mass is 16.5. The molecule has 0 fully saturated rings. The number of nitrogens with two attached hydrogens (primary N) is 1. The molecule has 0 saturated heterocycles. The fourth-order valence-electron chi connectivity index (χ4n) is 1.77. The van der Waals surface area contributed by atoms with Crippen molar-refractivity contribution in [2.45, 2.75) is 39.5 Å². The molecule has 3 heteroatoms. The van der Waals surface area contributed by atoms with E-state index >= 15 is 0 Å². The maximum atomic E-state index is 9.40. The van der Waals surface area contributed by atoms with Crippen molar-refractivity contribution < 1.29 is 9.84 Å². The Morgan fingerprint density at radius 1 is 1.31 bits per heavy atom. The summed E-state index contributed by atoms with van der Waals surface area (Å²) in [6, 6.07) is 7.87. The van der Waals surface area contributed by atoms with Gasteiger partial charge in [-0.3, -0.25) is 0 Å². The van der Waals surface area contributed by atoms with E-state index in [1.807, 2.05) is 45.0 Å². The van der Waals surface area contributed by atoms with Crippen molar-refractivity contribution in [3.05, 3.63) is 29.8 Å². The molecule has 16 heavy (non-hydrogen) atoms. The van der Waals surface area contributed by atoms with Crippen LogP contribution in [0.1, 0.15) is 25.8 Å². The van der Waals surface area contributed by atoms with Crippen LogP contribution in [0.2, 0.25) is 0 Å². The Kier molecular flexibility index (Phi) is 4.77. The summed E-state index contributed by atoms with van der Waals surface area (Å²) >= 11 is 0. The Balaban J connectivity index is 2.62. The topological polar surface area (TPSA) is 55.5 Å². The molecule has 0 heterocycles. The van der Waals surface area contributed by atoms with Crippen LogP contribution in [0.25, 0.3) is 0 Å². The number of aliphatic hydroxyl groups excluding tert-OH is 1. The molecule has 0 amide bonds. The van der Waals surface area contributed by atoms with E-state index < -0.39 is 6.23 Å². The van der Waals surface area contributed by atoms with Crippen LogP contribution in [0.4, 0.5) is 0 Å². The van der Waals surface area contributed by atoms with E-state index in [-0.39, 0.29) is 12.0 Å². The lowest BCUT2D eigenvalue weighted by Gasteiger charge is -2.25. The summed E-state index contributed by atoms with van der Waals surface area (Å²) in [5.41, 5.74) is 6.70. The van der Waals surface area contributed by atoms with Crippen LogP contribution in [0, 0.1) is 12.8 Å². The third-order valence-electron chi connectivity index (χ3n) is 2.86. The number of hydrogen-bond acceptors (Lipinski definition) is 3. The van der Waals surface area contributed by atoms with Crippen LogP contribution in [0.5, 0.6) is 5.75 Å². The molecular formula is C13H21NO2. The smallest absolute Gasteiger partial charge is 0.119 e. The predicted octanol–water partition coefficient (Wildman–Crippen LogP) is 2.07. The Hall–Kier alpha value is -1.06. The quantitative estimate of drug-likeness (QED) is 0.751. The van der Waals surface area contributed by atoms with Crippen molar-refractivity contribution >= 4 is 0 Å². The zero-order valence-electron chi connectivity index (χ0n) is 10.2. The summed E-state index contributed by atoms with van der Waals surface area (Å²) in [7, 11) is 0. The van der Waals surface area contributed by atoms with Crippen LogP contribution in [-0.2, 0) is 0 Å². The third-order valence-corrected chi connectivity index (χ3v) is 2.86. The molecule has 1 rings (SSSR count). The van der Waals surface area contributed by atoms with E-state index in [9.17, 15) is 5.11 Å². The zero-order chi connectivity index (χ0) is 12.1. The van der Waals surface area contributed by atoms with Gasteiger partial charge in [-0.15, -0.1) is 0 Å². The predicted molar refractivity (Wildman–Crippen MR) is 65.2 cm³/mol. The van der Waals surface area contributed by atoms with Gasteiger partial charge in [0.05, 0.1) is 0 Å². The summed E-state index contributed by atoms with van der Waals surface area (Å²) < 4.78 is 5.74. The van der Waals surface area contributed by atoms with Gasteiger partial charge in [0, 0.05) is 5.92 Å². The van der Waals surface area contributed by atoms with Crippen molar-refractivity contribution in [1.82, 2.24) is 0 Å². The van der Waals surface area contributed by atoms with Crippen molar-refractivity contribution in [2.24, 2.45) is 11.7 Å². The van der Waals surface area contributed by atoms with Crippen LogP contribution < -0.4 is 10.5 Å². The molecule has 3 unspecified atom stereocenters. The van der Waals surface area contributed by atoms with Gasteiger partial charge < -0.3 is 15.6 Å². The summed E-state index contributed by atoms with van der Waals surface area (Å²) in [5, 5.41) is 9.40. The number of benzene rings is 1. The first-order valence-corrected chi connectivity index (χ1v) is 5.71. The first-order valence-electron chi connectivity index (χ1n) is 5.71. The average Bonchev–Trinajstić information content (AvgIpc) is 2.22. The van der Waals surface area contributed by atoms with E-state index in [0.717, 1.165) is 12.2 Å². The van der Waals surface area contributed by atoms with Crippen LogP contribution in [0.3, 0.4) is 0 Å². The van der Waals surface area contributed by atoms with E-state index in [1.165, 1.54) is 5.56 Å². The van der Waals surface area contributed by atoms with Crippen molar-refractivity contribution in [3.8, 4) is 5.75 Å². The standard InChI is InChI=1S/C13H21NO2/c1-4-12(13(14)15)10(3)16-11-7-5-9(2)6-8-11/h5-8,10,12-13,15H,4,14H2,1-3H3. The van der Waals surface area contributed by atoms with E-state index in [4.69, 9.17) is 10.5 Å². The van der Waals surface area contributed by atoms with E-state index in [2.05, 4.69) is 0 Å². The number of ether oxygens (including phenoxy) is 1. The highest BCUT2D eigenvalue weighted by Gasteiger charge is 2.22. The fourth-order valence-corrected chi connectivity index (χ4v) is 1.77. The zero-order valence-corrected chi connectivity index (χ0v) is 10.2. The first kappa shape index (κ1) is 13.0. The number of aryl methyl sites for hydroxylation is 1. The molecule has 3 nitrogen and oxygen atoms in total. The lowest BCUT2D eigenvalue weighted by Crippen LogP contribution is -2.38. The minimum atomic E-state index is -0.828. The van der Waals surface area contributed by atoms with Gasteiger partial charge in [-0.1, -0.05) is 24.6 Å². The van der Waals surface area contributed by atoms with Gasteiger partial charge in [0.2, 0.25) is 0 Å². The Morgan fingerprint density at radius 3 is 2.31 bits per heavy atom. The third kappa shape index (κ3) is 3.51. The molecule has 0 aliphatic carbocycles. The highest BCUT2D eigenvalue weighted by Crippen LogP contribution is 2.19. The van der Waals surface area contributed by atoms with Gasteiger partial charge in [0.1, 0.15) is 18.1 Å². The van der Waals surface area contributed by atoms with Crippen LogP contribution in [0.15, 0.2) is 24.3 Å². The fraction of sp³-hybridized carbons (Fsp3) is 0.538. The van der Waals surface area contributed by atoms with Gasteiger partial charge in [-0.25, -0.2) is 0 Å². The second kappa shape index (κ2) is 5.87. The van der Waals surface area contributed by atoms with Gasteiger partial charge in [-0.05, 0) is 32.4 Å². The molecule has 0 aliphatic heterocycles. The Bertz CT molecular complexity index is 308. The second-order valence-electron chi connectivity index (χ2n) is 4.20. The molecule has 0 saturated carbocycles. The molecule has 3 atom stereocenters. The second-order valence-corrected chi connectivity index (χ2v) is 4.20. The molecular weight excluding hydrogens is 202 g/mol.